The molecule has 4 rings (SSSR count). The van der Waals surface area contributed by atoms with Crippen molar-refractivity contribution in [2.24, 2.45) is 5.92 Å². The van der Waals surface area contributed by atoms with E-state index in [9.17, 15) is 4.79 Å². The third-order valence-corrected chi connectivity index (χ3v) is 7.34. The predicted molar refractivity (Wildman–Crippen MR) is 112 cm³/mol. The number of methoxy groups -OCH3 is 1. The Labute approximate surface area is 174 Å². The molecule has 0 saturated heterocycles. The Morgan fingerprint density at radius 1 is 1.31 bits per heavy atom. The second-order valence-corrected chi connectivity index (χ2v) is 8.82. The minimum Gasteiger partial charge on any atom is -0.493 e. The number of carbonyl (C=O) groups excluding carboxylic acids is 1. The first-order valence-corrected chi connectivity index (χ1v) is 11.0. The molecule has 1 spiro atoms. The Bertz CT molecular complexity index is 778. The molecule has 2 aliphatic heterocycles. The van der Waals surface area contributed by atoms with Crippen molar-refractivity contribution in [2.75, 3.05) is 33.8 Å². The van der Waals surface area contributed by atoms with Crippen LogP contribution < -0.4 is 9.47 Å². The number of hydrogen-bond donors (Lipinski definition) is 0. The van der Waals surface area contributed by atoms with Crippen LogP contribution in [0.2, 0.25) is 0 Å². The molecule has 160 valence electrons. The van der Waals surface area contributed by atoms with Crippen molar-refractivity contribution in [1.29, 1.82) is 0 Å². The van der Waals surface area contributed by atoms with Crippen molar-refractivity contribution < 1.29 is 19.0 Å². The molecule has 1 fully saturated rings. The highest BCUT2D eigenvalue weighted by Gasteiger charge is 2.58. The first-order valence-electron chi connectivity index (χ1n) is 11.0. The molecule has 6 heteroatoms. The molecule has 4 atom stereocenters. The van der Waals surface area contributed by atoms with Crippen LogP contribution in [0.4, 0.5) is 4.79 Å². The number of amides is 1. The van der Waals surface area contributed by atoms with Gasteiger partial charge in [-0.3, -0.25) is 0 Å². The predicted octanol–water partition coefficient (Wildman–Crippen LogP) is 3.81. The Balaban J connectivity index is 1.67. The maximum absolute atomic E-state index is 12.5. The van der Waals surface area contributed by atoms with Gasteiger partial charge in [-0.05, 0) is 57.8 Å². The third-order valence-electron chi connectivity index (χ3n) is 7.34. The van der Waals surface area contributed by atoms with Gasteiger partial charge in [0.25, 0.3) is 0 Å². The van der Waals surface area contributed by atoms with Crippen LogP contribution in [0.5, 0.6) is 11.5 Å². The van der Waals surface area contributed by atoms with Gasteiger partial charge < -0.3 is 24.0 Å². The minimum absolute atomic E-state index is 0.0114. The average molecular weight is 403 g/mol. The van der Waals surface area contributed by atoms with Gasteiger partial charge >= 0.3 is 6.09 Å². The highest BCUT2D eigenvalue weighted by Crippen LogP contribution is 2.59. The van der Waals surface area contributed by atoms with Crippen molar-refractivity contribution in [2.45, 2.75) is 64.2 Å². The minimum atomic E-state index is -0.211. The van der Waals surface area contributed by atoms with Gasteiger partial charge in [-0.2, -0.15) is 0 Å². The summed E-state index contributed by atoms with van der Waals surface area (Å²) in [6.45, 7) is 9.56. The SMILES string of the molecule is CCN(CC)C(=O)O[C@H]1CC(C)[C@@]23CCN(C)Cc4ccc(OC)c(c42)O[C@H]3C1. The third kappa shape index (κ3) is 3.16. The Hall–Kier alpha value is -1.95. The van der Waals surface area contributed by atoms with E-state index in [1.165, 1.54) is 11.1 Å². The van der Waals surface area contributed by atoms with E-state index in [0.717, 1.165) is 43.9 Å². The zero-order valence-corrected chi connectivity index (χ0v) is 18.4. The van der Waals surface area contributed by atoms with Crippen LogP contribution in [-0.2, 0) is 16.7 Å². The molecule has 1 aliphatic carbocycles. The van der Waals surface area contributed by atoms with Gasteiger partial charge in [0.15, 0.2) is 11.5 Å². The zero-order valence-electron chi connectivity index (χ0n) is 18.4. The lowest BCUT2D eigenvalue weighted by molar-refractivity contribution is -0.0350. The summed E-state index contributed by atoms with van der Waals surface area (Å²) in [7, 11) is 3.89. The largest absolute Gasteiger partial charge is 0.493 e. The maximum Gasteiger partial charge on any atom is 0.410 e. The molecule has 1 saturated carbocycles. The summed E-state index contributed by atoms with van der Waals surface area (Å²) in [6.07, 6.45) is 2.35. The van der Waals surface area contributed by atoms with Gasteiger partial charge in [0.1, 0.15) is 12.2 Å². The fourth-order valence-electron chi connectivity index (χ4n) is 5.77. The molecule has 2 heterocycles. The monoisotopic (exact) mass is 402 g/mol. The van der Waals surface area contributed by atoms with Crippen LogP contribution in [-0.4, -0.2) is 61.9 Å². The smallest absolute Gasteiger partial charge is 0.410 e. The van der Waals surface area contributed by atoms with Crippen LogP contribution in [0.25, 0.3) is 0 Å². The van der Waals surface area contributed by atoms with E-state index in [1.54, 1.807) is 12.0 Å². The average Bonchev–Trinajstić information content (AvgIpc) is 2.95. The molecule has 0 N–H and O–H groups in total. The van der Waals surface area contributed by atoms with Gasteiger partial charge in [-0.25, -0.2) is 4.79 Å². The van der Waals surface area contributed by atoms with Gasteiger partial charge in [0, 0.05) is 37.0 Å². The highest BCUT2D eigenvalue weighted by molar-refractivity contribution is 5.67. The number of benzene rings is 1. The maximum atomic E-state index is 12.5. The van der Waals surface area contributed by atoms with E-state index >= 15 is 0 Å². The lowest BCUT2D eigenvalue weighted by Crippen LogP contribution is -2.52. The van der Waals surface area contributed by atoms with Crippen molar-refractivity contribution in [3.63, 3.8) is 0 Å². The zero-order chi connectivity index (χ0) is 20.8. The standard InChI is InChI=1S/C23H34N2O4/c1-6-25(7-2)22(26)28-17-12-15(3)23-10-11-24(4)14-16-8-9-18(27-5)21(20(16)23)29-19(23)13-17/h8-9,15,17,19H,6-7,10-14H2,1-5H3/t15?,17-,19-,23+/m0/s1. The first-order chi connectivity index (χ1) is 13.9. The summed E-state index contributed by atoms with van der Waals surface area (Å²) >= 11 is 0. The number of hydrogen-bond acceptors (Lipinski definition) is 5. The van der Waals surface area contributed by atoms with E-state index < -0.39 is 0 Å². The van der Waals surface area contributed by atoms with E-state index in [-0.39, 0.29) is 23.7 Å². The molecule has 6 nitrogen and oxygen atoms in total. The summed E-state index contributed by atoms with van der Waals surface area (Å²) in [6, 6.07) is 4.23. The quantitative estimate of drug-likeness (QED) is 0.767. The molecule has 1 aromatic carbocycles. The normalized spacial score (nSPS) is 30.6. The summed E-state index contributed by atoms with van der Waals surface area (Å²) < 4.78 is 18.2. The lowest BCUT2D eigenvalue weighted by Gasteiger charge is -2.46. The summed E-state index contributed by atoms with van der Waals surface area (Å²) in [5.74, 6) is 2.08. The lowest BCUT2D eigenvalue weighted by atomic mass is 9.59. The van der Waals surface area contributed by atoms with Gasteiger partial charge in [0.05, 0.1) is 7.11 Å². The fraction of sp³-hybridized carbons (Fsp3) is 0.696. The first kappa shape index (κ1) is 20.3. The Morgan fingerprint density at radius 3 is 2.76 bits per heavy atom. The van der Waals surface area contributed by atoms with Gasteiger partial charge in [-0.1, -0.05) is 13.0 Å². The second kappa shape index (κ2) is 7.71. The van der Waals surface area contributed by atoms with Gasteiger partial charge in [-0.15, -0.1) is 0 Å². The number of ether oxygens (including phenoxy) is 3. The van der Waals surface area contributed by atoms with Crippen molar-refractivity contribution >= 4 is 6.09 Å². The molecule has 29 heavy (non-hydrogen) atoms. The Morgan fingerprint density at radius 2 is 2.07 bits per heavy atom. The molecule has 1 unspecified atom stereocenters. The van der Waals surface area contributed by atoms with Crippen LogP contribution >= 0.6 is 0 Å². The van der Waals surface area contributed by atoms with Crippen molar-refractivity contribution in [3.8, 4) is 11.5 Å². The van der Waals surface area contributed by atoms with E-state index in [1.807, 2.05) is 19.9 Å². The number of rotatable bonds is 4. The highest BCUT2D eigenvalue weighted by atomic mass is 16.6. The number of carbonyl (C=O) groups is 1. The van der Waals surface area contributed by atoms with E-state index in [4.69, 9.17) is 14.2 Å². The molecule has 0 bridgehead atoms. The van der Waals surface area contributed by atoms with E-state index in [2.05, 4.69) is 24.9 Å². The molecule has 1 amide bonds. The number of nitrogens with zero attached hydrogens (tertiary/aromatic N) is 2. The summed E-state index contributed by atoms with van der Waals surface area (Å²) in [5.41, 5.74) is 2.64. The van der Waals surface area contributed by atoms with Gasteiger partial charge in [0.2, 0.25) is 0 Å². The fourth-order valence-corrected chi connectivity index (χ4v) is 5.77. The second-order valence-electron chi connectivity index (χ2n) is 8.82. The summed E-state index contributed by atoms with van der Waals surface area (Å²) in [5, 5.41) is 0. The van der Waals surface area contributed by atoms with Crippen LogP contribution in [0.15, 0.2) is 12.1 Å². The van der Waals surface area contributed by atoms with Crippen molar-refractivity contribution in [3.05, 3.63) is 23.3 Å². The molecular formula is C23H34N2O4. The molecule has 1 aromatic rings. The molecule has 0 aromatic heterocycles. The van der Waals surface area contributed by atoms with Crippen LogP contribution in [0.3, 0.4) is 0 Å². The van der Waals surface area contributed by atoms with Crippen LogP contribution in [0.1, 0.15) is 51.2 Å². The summed E-state index contributed by atoms with van der Waals surface area (Å²) in [4.78, 5) is 16.7. The topological polar surface area (TPSA) is 51.2 Å². The van der Waals surface area contributed by atoms with E-state index in [0.29, 0.717) is 19.0 Å². The van der Waals surface area contributed by atoms with Crippen molar-refractivity contribution in [1.82, 2.24) is 9.80 Å². The molecule has 3 aliphatic rings. The van der Waals surface area contributed by atoms with Crippen LogP contribution in [0, 0.1) is 5.92 Å². The Kier molecular flexibility index (Phi) is 5.40. The molecular weight excluding hydrogens is 368 g/mol. The molecule has 0 radical (unpaired) electrons.